The molecule has 1 heterocycles. The SMILES string of the molecule is N[C@@H]1CCCN(c2ccc([N+](=O)[O-])c(C(F)(F)F)c2)C1. The number of nitro benzene ring substituents is 1. The first-order chi connectivity index (χ1) is 9.29. The van der Waals surface area contributed by atoms with Crippen LogP contribution in [0.2, 0.25) is 0 Å². The lowest BCUT2D eigenvalue weighted by Crippen LogP contribution is -2.42. The highest BCUT2D eigenvalue weighted by molar-refractivity contribution is 5.57. The van der Waals surface area contributed by atoms with E-state index in [2.05, 4.69) is 0 Å². The molecule has 0 bridgehead atoms. The van der Waals surface area contributed by atoms with Crippen molar-refractivity contribution in [1.29, 1.82) is 0 Å². The van der Waals surface area contributed by atoms with Gasteiger partial charge in [0.15, 0.2) is 0 Å². The molecule has 0 unspecified atom stereocenters. The van der Waals surface area contributed by atoms with Crippen molar-refractivity contribution in [1.82, 2.24) is 0 Å². The smallest absolute Gasteiger partial charge is 0.370 e. The number of nitrogens with two attached hydrogens (primary N) is 1. The van der Waals surface area contributed by atoms with Crippen molar-refractivity contribution in [3.8, 4) is 0 Å². The predicted molar refractivity (Wildman–Crippen MR) is 67.5 cm³/mol. The molecule has 8 heteroatoms. The van der Waals surface area contributed by atoms with Crippen LogP contribution in [0.3, 0.4) is 0 Å². The van der Waals surface area contributed by atoms with Gasteiger partial charge in [-0.05, 0) is 25.0 Å². The minimum Gasteiger partial charge on any atom is -0.370 e. The van der Waals surface area contributed by atoms with Gasteiger partial charge < -0.3 is 10.6 Å². The first-order valence-corrected chi connectivity index (χ1v) is 6.15. The number of nitrogens with zero attached hydrogens (tertiary/aromatic N) is 2. The molecule has 5 nitrogen and oxygen atoms in total. The first-order valence-electron chi connectivity index (χ1n) is 6.15. The number of nitro groups is 1. The predicted octanol–water partition coefficient (Wildman–Crippen LogP) is 2.54. The van der Waals surface area contributed by atoms with E-state index >= 15 is 0 Å². The Morgan fingerprint density at radius 2 is 2.10 bits per heavy atom. The Morgan fingerprint density at radius 1 is 1.40 bits per heavy atom. The minimum atomic E-state index is -4.75. The first kappa shape index (κ1) is 14.6. The summed E-state index contributed by atoms with van der Waals surface area (Å²) in [5.74, 6) is 0. The summed E-state index contributed by atoms with van der Waals surface area (Å²) in [7, 11) is 0. The molecule has 20 heavy (non-hydrogen) atoms. The molecule has 1 aliphatic heterocycles. The van der Waals surface area contributed by atoms with Gasteiger partial charge in [-0.1, -0.05) is 0 Å². The summed E-state index contributed by atoms with van der Waals surface area (Å²) in [6.07, 6.45) is -3.13. The lowest BCUT2D eigenvalue weighted by Gasteiger charge is -2.32. The molecule has 0 saturated carbocycles. The monoisotopic (exact) mass is 289 g/mol. The molecule has 2 N–H and O–H groups in total. The highest BCUT2D eigenvalue weighted by Crippen LogP contribution is 2.38. The van der Waals surface area contributed by atoms with Crippen LogP contribution >= 0.6 is 0 Å². The fourth-order valence-electron chi connectivity index (χ4n) is 2.35. The maximum atomic E-state index is 12.9. The number of benzene rings is 1. The third kappa shape index (κ3) is 3.01. The van der Waals surface area contributed by atoms with Crippen LogP contribution in [0.5, 0.6) is 0 Å². The molecular formula is C12H14F3N3O2. The molecule has 0 aromatic heterocycles. The fraction of sp³-hybridized carbons (Fsp3) is 0.500. The van der Waals surface area contributed by atoms with Gasteiger partial charge in [-0.25, -0.2) is 0 Å². The molecular weight excluding hydrogens is 275 g/mol. The fourth-order valence-corrected chi connectivity index (χ4v) is 2.35. The van der Waals surface area contributed by atoms with Gasteiger partial charge in [0.25, 0.3) is 5.69 Å². The second-order valence-electron chi connectivity index (χ2n) is 4.80. The quantitative estimate of drug-likeness (QED) is 0.670. The maximum absolute atomic E-state index is 12.9. The van der Waals surface area contributed by atoms with Crippen LogP contribution in [0.4, 0.5) is 24.5 Å². The zero-order valence-electron chi connectivity index (χ0n) is 10.6. The Bertz CT molecular complexity index is 519. The molecule has 0 radical (unpaired) electrons. The second kappa shape index (κ2) is 5.28. The van der Waals surface area contributed by atoms with Gasteiger partial charge in [0, 0.05) is 30.9 Å². The van der Waals surface area contributed by atoms with Gasteiger partial charge in [-0.15, -0.1) is 0 Å². The molecule has 1 aromatic rings. The topological polar surface area (TPSA) is 72.4 Å². The Balaban J connectivity index is 2.39. The average Bonchev–Trinajstić information content (AvgIpc) is 2.37. The van der Waals surface area contributed by atoms with Crippen LogP contribution in [0, 0.1) is 10.1 Å². The molecule has 0 amide bonds. The summed E-state index contributed by atoms with van der Waals surface area (Å²) in [4.78, 5) is 11.4. The summed E-state index contributed by atoms with van der Waals surface area (Å²) in [6.45, 7) is 1.05. The number of rotatable bonds is 2. The second-order valence-corrected chi connectivity index (χ2v) is 4.80. The summed E-state index contributed by atoms with van der Waals surface area (Å²) >= 11 is 0. The number of piperidine rings is 1. The Hall–Kier alpha value is -1.83. The summed E-state index contributed by atoms with van der Waals surface area (Å²) in [6, 6.07) is 2.98. The van der Waals surface area contributed by atoms with Crippen LogP contribution in [0.15, 0.2) is 18.2 Å². The zero-order valence-corrected chi connectivity index (χ0v) is 10.6. The third-order valence-corrected chi connectivity index (χ3v) is 3.31. The molecule has 110 valence electrons. The minimum absolute atomic E-state index is 0.0896. The molecule has 1 aliphatic rings. The zero-order chi connectivity index (χ0) is 14.9. The van der Waals surface area contributed by atoms with E-state index in [1.54, 1.807) is 4.90 Å². The normalized spacial score (nSPS) is 20.0. The molecule has 0 aliphatic carbocycles. The summed E-state index contributed by atoms with van der Waals surface area (Å²) in [5, 5.41) is 10.7. The van der Waals surface area contributed by atoms with Crippen molar-refractivity contribution in [3.05, 3.63) is 33.9 Å². The molecule has 1 atom stereocenters. The van der Waals surface area contributed by atoms with Crippen LogP contribution in [-0.4, -0.2) is 24.1 Å². The van der Waals surface area contributed by atoms with E-state index < -0.39 is 22.4 Å². The maximum Gasteiger partial charge on any atom is 0.423 e. The van der Waals surface area contributed by atoms with Crippen molar-refractivity contribution < 1.29 is 18.1 Å². The van der Waals surface area contributed by atoms with E-state index in [-0.39, 0.29) is 6.04 Å². The van der Waals surface area contributed by atoms with E-state index in [0.717, 1.165) is 25.0 Å². The molecule has 0 spiro atoms. The van der Waals surface area contributed by atoms with E-state index in [1.807, 2.05) is 0 Å². The lowest BCUT2D eigenvalue weighted by atomic mass is 10.0. The third-order valence-electron chi connectivity index (χ3n) is 3.31. The molecule has 1 fully saturated rings. The van der Waals surface area contributed by atoms with Gasteiger partial charge in [0.1, 0.15) is 5.56 Å². The van der Waals surface area contributed by atoms with Crippen molar-refractivity contribution in [2.24, 2.45) is 5.73 Å². The van der Waals surface area contributed by atoms with Crippen molar-refractivity contribution in [2.75, 3.05) is 18.0 Å². The highest BCUT2D eigenvalue weighted by atomic mass is 19.4. The Labute approximate surface area is 113 Å². The molecule has 1 aromatic carbocycles. The number of hydrogen-bond acceptors (Lipinski definition) is 4. The van der Waals surface area contributed by atoms with Crippen LogP contribution in [-0.2, 0) is 6.18 Å². The lowest BCUT2D eigenvalue weighted by molar-refractivity contribution is -0.388. The van der Waals surface area contributed by atoms with Crippen molar-refractivity contribution in [3.63, 3.8) is 0 Å². The van der Waals surface area contributed by atoms with Crippen LogP contribution in [0.25, 0.3) is 0 Å². The van der Waals surface area contributed by atoms with Crippen LogP contribution in [0.1, 0.15) is 18.4 Å². The molecule has 2 rings (SSSR count). The Kier molecular flexibility index (Phi) is 3.85. The molecule has 1 saturated heterocycles. The summed E-state index contributed by atoms with van der Waals surface area (Å²) < 4.78 is 38.7. The Morgan fingerprint density at radius 3 is 2.65 bits per heavy atom. The van der Waals surface area contributed by atoms with Gasteiger partial charge in [0.2, 0.25) is 0 Å². The van der Waals surface area contributed by atoms with E-state index in [0.29, 0.717) is 18.8 Å². The van der Waals surface area contributed by atoms with E-state index in [9.17, 15) is 23.3 Å². The number of alkyl halides is 3. The van der Waals surface area contributed by atoms with E-state index in [1.165, 1.54) is 6.07 Å². The van der Waals surface area contributed by atoms with Gasteiger partial charge in [-0.3, -0.25) is 10.1 Å². The van der Waals surface area contributed by atoms with Gasteiger partial charge in [0.05, 0.1) is 4.92 Å². The van der Waals surface area contributed by atoms with Gasteiger partial charge >= 0.3 is 6.18 Å². The highest BCUT2D eigenvalue weighted by Gasteiger charge is 2.38. The van der Waals surface area contributed by atoms with Crippen LogP contribution < -0.4 is 10.6 Å². The van der Waals surface area contributed by atoms with Crippen molar-refractivity contribution in [2.45, 2.75) is 25.1 Å². The van der Waals surface area contributed by atoms with Crippen molar-refractivity contribution >= 4 is 11.4 Å². The standard InChI is InChI=1S/C12H14F3N3O2/c13-12(14,15)10-6-9(3-4-11(10)18(19)20)17-5-1-2-8(16)7-17/h3-4,6,8H,1-2,5,7,16H2/t8-/m1/s1. The number of halogens is 3. The number of hydrogen-bond donors (Lipinski definition) is 1. The largest absolute Gasteiger partial charge is 0.423 e. The van der Waals surface area contributed by atoms with E-state index in [4.69, 9.17) is 5.73 Å². The van der Waals surface area contributed by atoms with Gasteiger partial charge in [-0.2, -0.15) is 13.2 Å². The number of anilines is 1. The summed E-state index contributed by atoms with van der Waals surface area (Å²) in [5.41, 5.74) is 3.96. The average molecular weight is 289 g/mol.